The summed E-state index contributed by atoms with van der Waals surface area (Å²) in [4.78, 5) is 8.65. The third-order valence-corrected chi connectivity index (χ3v) is 5.08. The van der Waals surface area contributed by atoms with E-state index in [0.717, 1.165) is 23.4 Å². The molecule has 0 unspecified atom stereocenters. The van der Waals surface area contributed by atoms with E-state index in [4.69, 9.17) is 11.6 Å². The molecule has 3 rings (SSSR count). The molecular formula is C12H14ClN3S. The van der Waals surface area contributed by atoms with Gasteiger partial charge in [-0.2, -0.15) is 11.8 Å². The van der Waals surface area contributed by atoms with Gasteiger partial charge < -0.3 is 4.57 Å². The quantitative estimate of drug-likeness (QED) is 0.798. The highest BCUT2D eigenvalue weighted by Gasteiger charge is 2.42. The molecule has 2 aromatic rings. The van der Waals surface area contributed by atoms with Gasteiger partial charge in [-0.1, -0.05) is 0 Å². The number of hydrogen-bond donors (Lipinski definition) is 0. The molecule has 0 radical (unpaired) electrons. The van der Waals surface area contributed by atoms with E-state index in [1.807, 2.05) is 24.0 Å². The average Bonchev–Trinajstić information content (AvgIpc) is 3.06. The lowest BCUT2D eigenvalue weighted by molar-refractivity contribution is 0.655. The van der Waals surface area contributed by atoms with Crippen LogP contribution in [0.15, 0.2) is 18.5 Å². The lowest BCUT2D eigenvalue weighted by atomic mass is 10.3. The van der Waals surface area contributed by atoms with E-state index >= 15 is 0 Å². The van der Waals surface area contributed by atoms with E-state index in [-0.39, 0.29) is 0 Å². The first kappa shape index (κ1) is 11.4. The van der Waals surface area contributed by atoms with Gasteiger partial charge in [-0.05, 0) is 25.2 Å². The largest absolute Gasteiger partial charge is 0.325 e. The Hall–Kier alpha value is -0.740. The molecule has 1 aliphatic carbocycles. The maximum Gasteiger partial charge on any atom is 0.124 e. The number of imidazole rings is 1. The second-order valence-electron chi connectivity index (χ2n) is 4.50. The first-order valence-corrected chi connectivity index (χ1v) is 7.44. The molecule has 5 heteroatoms. The summed E-state index contributed by atoms with van der Waals surface area (Å²) in [6, 6.07) is 2.02. The smallest absolute Gasteiger partial charge is 0.124 e. The van der Waals surface area contributed by atoms with Crippen molar-refractivity contribution in [2.45, 2.75) is 30.0 Å². The molecule has 0 atom stereocenters. The summed E-state index contributed by atoms with van der Waals surface area (Å²) < 4.78 is 2.67. The van der Waals surface area contributed by atoms with Crippen molar-refractivity contribution in [1.82, 2.24) is 14.5 Å². The Kier molecular flexibility index (Phi) is 2.79. The number of hydrogen-bond acceptors (Lipinski definition) is 3. The molecule has 0 saturated heterocycles. The van der Waals surface area contributed by atoms with Crippen LogP contribution < -0.4 is 0 Å². The van der Waals surface area contributed by atoms with Crippen molar-refractivity contribution in [3.63, 3.8) is 0 Å². The van der Waals surface area contributed by atoms with Crippen molar-refractivity contribution in [2.24, 2.45) is 0 Å². The predicted molar refractivity (Wildman–Crippen MR) is 72.6 cm³/mol. The van der Waals surface area contributed by atoms with Gasteiger partial charge in [0.15, 0.2) is 0 Å². The molecule has 2 aromatic heterocycles. The number of pyridine rings is 1. The van der Waals surface area contributed by atoms with Gasteiger partial charge in [0.2, 0.25) is 0 Å². The van der Waals surface area contributed by atoms with E-state index in [2.05, 4.69) is 20.8 Å². The molecule has 0 spiro atoms. The second-order valence-corrected chi connectivity index (χ2v) is 6.04. The van der Waals surface area contributed by atoms with Crippen LogP contribution in [0.1, 0.15) is 18.7 Å². The third-order valence-electron chi connectivity index (χ3n) is 3.44. The topological polar surface area (TPSA) is 30.7 Å². The number of thioether (sulfide) groups is 1. The molecule has 1 saturated carbocycles. The van der Waals surface area contributed by atoms with Crippen LogP contribution in [-0.2, 0) is 12.4 Å². The SMILES string of the molecule is CSC1(Cn2c(CCl)nc3cnccc32)CC1. The average molecular weight is 268 g/mol. The summed E-state index contributed by atoms with van der Waals surface area (Å²) >= 11 is 7.94. The van der Waals surface area contributed by atoms with Crippen LogP contribution in [0.3, 0.4) is 0 Å². The van der Waals surface area contributed by atoms with E-state index in [1.165, 1.54) is 12.8 Å². The highest BCUT2D eigenvalue weighted by molar-refractivity contribution is 8.00. The van der Waals surface area contributed by atoms with E-state index in [9.17, 15) is 0 Å². The summed E-state index contributed by atoms with van der Waals surface area (Å²) in [5.74, 6) is 1.41. The molecule has 1 fully saturated rings. The van der Waals surface area contributed by atoms with Gasteiger partial charge in [0.25, 0.3) is 0 Å². The van der Waals surface area contributed by atoms with Crippen molar-refractivity contribution in [3.8, 4) is 0 Å². The van der Waals surface area contributed by atoms with Crippen LogP contribution in [-0.4, -0.2) is 25.5 Å². The minimum absolute atomic E-state index is 0.414. The van der Waals surface area contributed by atoms with Crippen molar-refractivity contribution in [2.75, 3.05) is 6.26 Å². The van der Waals surface area contributed by atoms with Gasteiger partial charge in [-0.3, -0.25) is 4.98 Å². The Morgan fingerprint density at radius 3 is 3.00 bits per heavy atom. The molecule has 0 aromatic carbocycles. The number of aromatic nitrogens is 3. The van der Waals surface area contributed by atoms with Gasteiger partial charge in [0.05, 0.1) is 17.6 Å². The maximum atomic E-state index is 5.99. The van der Waals surface area contributed by atoms with Crippen molar-refractivity contribution in [3.05, 3.63) is 24.3 Å². The molecule has 3 nitrogen and oxygen atoms in total. The minimum Gasteiger partial charge on any atom is -0.325 e. The fourth-order valence-electron chi connectivity index (χ4n) is 2.16. The standard InChI is InChI=1S/C12H14ClN3S/c1-17-12(3-4-12)8-16-10-2-5-14-7-9(10)15-11(16)6-13/h2,5,7H,3-4,6,8H2,1H3. The van der Waals surface area contributed by atoms with Crippen LogP contribution in [0.4, 0.5) is 0 Å². The summed E-state index contributed by atoms with van der Waals surface area (Å²) in [7, 11) is 0. The second kappa shape index (κ2) is 4.18. The maximum absolute atomic E-state index is 5.99. The Labute approximate surface area is 110 Å². The number of fused-ring (bicyclic) bond motifs is 1. The predicted octanol–water partition coefficient (Wildman–Crippen LogP) is 3.07. The summed E-state index contributed by atoms with van der Waals surface area (Å²) in [6.45, 7) is 1.01. The van der Waals surface area contributed by atoms with Crippen molar-refractivity contribution in [1.29, 1.82) is 0 Å². The van der Waals surface area contributed by atoms with Crippen molar-refractivity contribution >= 4 is 34.4 Å². The van der Waals surface area contributed by atoms with Gasteiger partial charge in [-0.25, -0.2) is 4.98 Å². The molecule has 0 aliphatic heterocycles. The normalized spacial score (nSPS) is 17.5. The lowest BCUT2D eigenvalue weighted by Gasteiger charge is -2.15. The van der Waals surface area contributed by atoms with Gasteiger partial charge in [0.1, 0.15) is 11.3 Å². The first-order valence-electron chi connectivity index (χ1n) is 5.68. The highest BCUT2D eigenvalue weighted by Crippen LogP contribution is 2.49. The lowest BCUT2D eigenvalue weighted by Crippen LogP contribution is -2.15. The molecule has 1 aliphatic rings. The molecule has 0 amide bonds. The monoisotopic (exact) mass is 267 g/mol. The molecule has 2 heterocycles. The van der Waals surface area contributed by atoms with Crippen LogP contribution >= 0.6 is 23.4 Å². The first-order chi connectivity index (χ1) is 8.28. The highest BCUT2D eigenvalue weighted by atomic mass is 35.5. The molecule has 0 N–H and O–H groups in total. The van der Waals surface area contributed by atoms with Gasteiger partial charge >= 0.3 is 0 Å². The van der Waals surface area contributed by atoms with Crippen LogP contribution in [0.25, 0.3) is 11.0 Å². The van der Waals surface area contributed by atoms with Crippen molar-refractivity contribution < 1.29 is 0 Å². The summed E-state index contributed by atoms with van der Waals surface area (Å²) in [5.41, 5.74) is 2.09. The van der Waals surface area contributed by atoms with Crippen LogP contribution in [0, 0.1) is 0 Å². The molecule has 0 bridgehead atoms. The zero-order valence-electron chi connectivity index (χ0n) is 9.69. The fraction of sp³-hybridized carbons (Fsp3) is 0.500. The molecule has 90 valence electrons. The van der Waals surface area contributed by atoms with E-state index in [1.54, 1.807) is 6.20 Å². The third kappa shape index (κ3) is 1.93. The Balaban J connectivity index is 2.06. The zero-order valence-corrected chi connectivity index (χ0v) is 11.3. The Morgan fingerprint density at radius 2 is 2.35 bits per heavy atom. The number of rotatable bonds is 4. The fourth-order valence-corrected chi connectivity index (χ4v) is 3.14. The minimum atomic E-state index is 0.414. The van der Waals surface area contributed by atoms with Gasteiger partial charge in [0, 0.05) is 17.5 Å². The van der Waals surface area contributed by atoms with Crippen LogP contribution in [0.5, 0.6) is 0 Å². The summed E-state index contributed by atoms with van der Waals surface area (Å²) in [6.07, 6.45) is 8.40. The molecule has 17 heavy (non-hydrogen) atoms. The Bertz CT molecular complexity index is 548. The number of nitrogens with zero attached hydrogens (tertiary/aromatic N) is 3. The zero-order chi connectivity index (χ0) is 11.9. The van der Waals surface area contributed by atoms with Gasteiger partial charge in [-0.15, -0.1) is 11.6 Å². The number of alkyl halides is 1. The molecular weight excluding hydrogens is 254 g/mol. The summed E-state index contributed by atoms with van der Waals surface area (Å²) in [5, 5.41) is 0. The van der Waals surface area contributed by atoms with Crippen LogP contribution in [0.2, 0.25) is 0 Å². The Morgan fingerprint density at radius 1 is 1.53 bits per heavy atom. The van der Waals surface area contributed by atoms with E-state index < -0.39 is 0 Å². The van der Waals surface area contributed by atoms with E-state index in [0.29, 0.717) is 10.6 Å². The number of halogens is 1.